The van der Waals surface area contributed by atoms with Gasteiger partial charge in [-0.25, -0.2) is 0 Å². The molecule has 1 saturated heterocycles. The molecule has 0 radical (unpaired) electrons. The van der Waals surface area contributed by atoms with Gasteiger partial charge in [0.15, 0.2) is 5.78 Å². The van der Waals surface area contributed by atoms with Crippen LogP contribution in [0.25, 0.3) is 0 Å². The van der Waals surface area contributed by atoms with Crippen LogP contribution in [0.2, 0.25) is 0 Å². The minimum Gasteiger partial charge on any atom is -0.369 e. The molecule has 1 fully saturated rings. The Hall–Kier alpha value is -0.940. The summed E-state index contributed by atoms with van der Waals surface area (Å²) in [7, 11) is 0. The van der Waals surface area contributed by atoms with Crippen molar-refractivity contribution in [2.45, 2.75) is 45.4 Å². The fraction of sp³-hybridized carbons (Fsp3) is 0.818. The zero-order valence-corrected chi connectivity index (χ0v) is 10.0. The predicted octanol–water partition coefficient (Wildman–Crippen LogP) is -0.168. The third-order valence-electron chi connectivity index (χ3n) is 2.74. The van der Waals surface area contributed by atoms with Gasteiger partial charge >= 0.3 is 0 Å². The summed E-state index contributed by atoms with van der Waals surface area (Å²) in [5, 5.41) is 3.00. The number of hydrogen-bond acceptors (Lipinski definition) is 4. The molecule has 1 rings (SSSR count). The van der Waals surface area contributed by atoms with E-state index in [0.717, 1.165) is 0 Å². The summed E-state index contributed by atoms with van der Waals surface area (Å²) in [5.74, 6) is -0.0826. The van der Waals surface area contributed by atoms with E-state index in [1.54, 1.807) is 0 Å². The van der Waals surface area contributed by atoms with E-state index in [1.807, 2.05) is 20.8 Å². The summed E-state index contributed by atoms with van der Waals surface area (Å²) in [6.07, 6.45) is 0.438. The van der Waals surface area contributed by atoms with Crippen LogP contribution in [0.5, 0.6) is 0 Å². The first-order valence-electron chi connectivity index (χ1n) is 5.61. The Morgan fingerprint density at radius 2 is 2.25 bits per heavy atom. The van der Waals surface area contributed by atoms with Crippen molar-refractivity contribution in [1.82, 2.24) is 5.32 Å². The van der Waals surface area contributed by atoms with Gasteiger partial charge in [0.2, 0.25) is 5.91 Å². The van der Waals surface area contributed by atoms with Crippen molar-refractivity contribution in [3.8, 4) is 0 Å². The zero-order chi connectivity index (χ0) is 12.3. The van der Waals surface area contributed by atoms with Crippen molar-refractivity contribution in [2.24, 2.45) is 11.7 Å². The lowest BCUT2D eigenvalue weighted by molar-refractivity contribution is -0.122. The molecule has 3 N–H and O–H groups in total. The molecule has 0 aromatic carbocycles. The normalized spacial score (nSPS) is 27.4. The molecule has 0 aromatic rings. The molecule has 0 bridgehead atoms. The fourth-order valence-electron chi connectivity index (χ4n) is 1.84. The van der Waals surface area contributed by atoms with Gasteiger partial charge in [-0.2, -0.15) is 0 Å². The quantitative estimate of drug-likeness (QED) is 0.684. The molecule has 5 nitrogen and oxygen atoms in total. The predicted molar refractivity (Wildman–Crippen MR) is 59.8 cm³/mol. The Kier molecular flexibility index (Phi) is 4.44. The number of carbonyl (C=O) groups excluding carboxylic acids is 2. The van der Waals surface area contributed by atoms with E-state index in [9.17, 15) is 9.59 Å². The second-order valence-electron chi connectivity index (χ2n) is 4.71. The lowest BCUT2D eigenvalue weighted by Gasteiger charge is -2.22. The van der Waals surface area contributed by atoms with Crippen molar-refractivity contribution in [3.63, 3.8) is 0 Å². The summed E-state index contributed by atoms with van der Waals surface area (Å²) >= 11 is 0. The van der Waals surface area contributed by atoms with Crippen LogP contribution in [0.4, 0.5) is 0 Å². The van der Waals surface area contributed by atoms with Gasteiger partial charge in [-0.15, -0.1) is 0 Å². The number of rotatable bonds is 5. The lowest BCUT2D eigenvalue weighted by Crippen LogP contribution is -2.51. The summed E-state index contributed by atoms with van der Waals surface area (Å²) < 4.78 is 5.20. The molecule has 92 valence electrons. The van der Waals surface area contributed by atoms with Crippen LogP contribution in [0, 0.1) is 5.92 Å². The van der Waals surface area contributed by atoms with Gasteiger partial charge in [0.1, 0.15) is 6.61 Å². The highest BCUT2D eigenvalue weighted by Crippen LogP contribution is 2.13. The topological polar surface area (TPSA) is 81.4 Å². The molecule has 16 heavy (non-hydrogen) atoms. The minimum atomic E-state index is -0.460. The third kappa shape index (κ3) is 3.28. The van der Waals surface area contributed by atoms with E-state index in [4.69, 9.17) is 10.5 Å². The SMILES string of the molecule is CC(C)C[C@H](N[C@@H]1C(=O)CO[C@@H]1C)C(N)=O. The smallest absolute Gasteiger partial charge is 0.234 e. The monoisotopic (exact) mass is 228 g/mol. The van der Waals surface area contributed by atoms with Crippen molar-refractivity contribution >= 4 is 11.7 Å². The largest absolute Gasteiger partial charge is 0.369 e. The van der Waals surface area contributed by atoms with Crippen LogP contribution in [-0.4, -0.2) is 36.5 Å². The molecule has 3 atom stereocenters. The second kappa shape index (κ2) is 5.41. The summed E-state index contributed by atoms with van der Waals surface area (Å²) in [6.45, 7) is 5.95. The Bertz CT molecular complexity index is 278. The number of ether oxygens (including phenoxy) is 1. The van der Waals surface area contributed by atoms with E-state index in [-0.39, 0.29) is 18.5 Å². The van der Waals surface area contributed by atoms with Crippen molar-refractivity contribution in [3.05, 3.63) is 0 Å². The first-order valence-corrected chi connectivity index (χ1v) is 5.61. The molecule has 5 heteroatoms. The van der Waals surface area contributed by atoms with Crippen molar-refractivity contribution in [1.29, 1.82) is 0 Å². The molecule has 0 aromatic heterocycles. The van der Waals surface area contributed by atoms with Gasteiger partial charge in [-0.3, -0.25) is 14.9 Å². The van der Waals surface area contributed by atoms with E-state index in [2.05, 4.69) is 5.32 Å². The number of ketones is 1. The van der Waals surface area contributed by atoms with Crippen LogP contribution in [0.1, 0.15) is 27.2 Å². The van der Waals surface area contributed by atoms with Crippen LogP contribution in [-0.2, 0) is 14.3 Å². The van der Waals surface area contributed by atoms with Crippen LogP contribution < -0.4 is 11.1 Å². The minimum absolute atomic E-state index is 0.0116. The fourth-order valence-corrected chi connectivity index (χ4v) is 1.84. The Balaban J connectivity index is 2.60. The Labute approximate surface area is 95.7 Å². The maximum Gasteiger partial charge on any atom is 0.234 e. The standard InChI is InChI=1S/C11H20N2O3/c1-6(2)4-8(11(12)15)13-10-7(3)16-5-9(10)14/h6-8,10,13H,4-5H2,1-3H3,(H2,12,15)/t7-,8+,10+/m1/s1. The van der Waals surface area contributed by atoms with Gasteiger partial charge in [-0.05, 0) is 19.3 Å². The molecular weight excluding hydrogens is 208 g/mol. The van der Waals surface area contributed by atoms with Gasteiger partial charge in [0.05, 0.1) is 18.2 Å². The molecular formula is C11H20N2O3. The van der Waals surface area contributed by atoms with Gasteiger partial charge in [-0.1, -0.05) is 13.8 Å². The number of amides is 1. The first-order chi connectivity index (χ1) is 7.41. The number of carbonyl (C=O) groups is 2. The lowest BCUT2D eigenvalue weighted by atomic mass is 10.0. The number of hydrogen-bond donors (Lipinski definition) is 2. The summed E-state index contributed by atoms with van der Waals surface area (Å²) in [5.41, 5.74) is 5.30. The number of nitrogens with one attached hydrogen (secondary N) is 1. The summed E-state index contributed by atoms with van der Waals surface area (Å²) in [4.78, 5) is 22.7. The molecule has 0 spiro atoms. The highest BCUT2D eigenvalue weighted by molar-refractivity contribution is 5.88. The molecule has 0 unspecified atom stereocenters. The van der Waals surface area contributed by atoms with Gasteiger partial charge in [0, 0.05) is 0 Å². The number of nitrogens with two attached hydrogens (primary N) is 1. The highest BCUT2D eigenvalue weighted by atomic mass is 16.5. The first kappa shape index (κ1) is 13.1. The molecule has 1 heterocycles. The molecule has 0 aliphatic carbocycles. The Morgan fingerprint density at radius 1 is 1.62 bits per heavy atom. The number of primary amides is 1. The van der Waals surface area contributed by atoms with Crippen LogP contribution in [0.15, 0.2) is 0 Å². The second-order valence-corrected chi connectivity index (χ2v) is 4.71. The highest BCUT2D eigenvalue weighted by Gasteiger charge is 2.35. The molecule has 1 aliphatic heterocycles. The third-order valence-corrected chi connectivity index (χ3v) is 2.74. The molecule has 1 amide bonds. The maximum absolute atomic E-state index is 11.5. The van der Waals surface area contributed by atoms with E-state index in [1.165, 1.54) is 0 Å². The van der Waals surface area contributed by atoms with E-state index >= 15 is 0 Å². The van der Waals surface area contributed by atoms with E-state index < -0.39 is 18.0 Å². The molecule has 1 aliphatic rings. The number of Topliss-reactive ketones (excluding diaryl/α,β-unsaturated/α-hetero) is 1. The molecule has 0 saturated carbocycles. The maximum atomic E-state index is 11.5. The van der Waals surface area contributed by atoms with Gasteiger partial charge < -0.3 is 10.5 Å². The summed E-state index contributed by atoms with van der Waals surface area (Å²) in [6, 6.07) is -0.866. The average Bonchev–Trinajstić information content (AvgIpc) is 2.47. The zero-order valence-electron chi connectivity index (χ0n) is 10.0. The average molecular weight is 228 g/mol. The Morgan fingerprint density at radius 3 is 2.62 bits per heavy atom. The van der Waals surface area contributed by atoms with Gasteiger partial charge in [0.25, 0.3) is 0 Å². The van der Waals surface area contributed by atoms with Crippen LogP contribution in [0.3, 0.4) is 0 Å². The van der Waals surface area contributed by atoms with Crippen molar-refractivity contribution < 1.29 is 14.3 Å². The van der Waals surface area contributed by atoms with Crippen LogP contribution >= 0.6 is 0 Å². The van der Waals surface area contributed by atoms with Crippen molar-refractivity contribution in [2.75, 3.05) is 6.61 Å². The van der Waals surface area contributed by atoms with E-state index in [0.29, 0.717) is 12.3 Å².